The van der Waals surface area contributed by atoms with Crippen LogP contribution in [0.5, 0.6) is 0 Å². The van der Waals surface area contributed by atoms with Crippen molar-refractivity contribution in [2.45, 2.75) is 6.54 Å². The molecular formula is C9H13Cl2N3S. The fourth-order valence-electron chi connectivity index (χ4n) is 1.19. The summed E-state index contributed by atoms with van der Waals surface area (Å²) in [4.78, 5) is 1.21. The van der Waals surface area contributed by atoms with E-state index in [0.29, 0.717) is 0 Å². The van der Waals surface area contributed by atoms with E-state index in [-0.39, 0.29) is 24.8 Å². The van der Waals surface area contributed by atoms with Crippen LogP contribution >= 0.6 is 36.2 Å². The SMILES string of the molecule is CNCc1cc(-c2cccs2)n[nH]1.Cl.Cl. The summed E-state index contributed by atoms with van der Waals surface area (Å²) in [5, 5.41) is 12.3. The maximum Gasteiger partial charge on any atom is 0.102 e. The number of H-pyrrole nitrogens is 1. The number of hydrogen-bond acceptors (Lipinski definition) is 3. The fraction of sp³-hybridized carbons (Fsp3) is 0.222. The molecule has 0 aromatic carbocycles. The molecule has 2 rings (SSSR count). The molecular weight excluding hydrogens is 253 g/mol. The lowest BCUT2D eigenvalue weighted by Crippen LogP contribution is -2.04. The third-order valence-corrected chi connectivity index (χ3v) is 2.66. The van der Waals surface area contributed by atoms with E-state index in [1.807, 2.05) is 13.1 Å². The molecule has 84 valence electrons. The second-order valence-corrected chi connectivity index (χ2v) is 3.73. The molecule has 0 saturated carbocycles. The Kier molecular flexibility index (Phi) is 6.60. The summed E-state index contributed by atoms with van der Waals surface area (Å²) in [6.45, 7) is 0.832. The first-order valence-electron chi connectivity index (χ1n) is 4.13. The van der Waals surface area contributed by atoms with Crippen LogP contribution in [0.4, 0.5) is 0 Å². The molecule has 2 N–H and O–H groups in total. The first-order valence-corrected chi connectivity index (χ1v) is 5.01. The van der Waals surface area contributed by atoms with Crippen molar-refractivity contribution in [3.05, 3.63) is 29.3 Å². The Labute approximate surface area is 105 Å². The van der Waals surface area contributed by atoms with Crippen LogP contribution in [-0.2, 0) is 6.54 Å². The van der Waals surface area contributed by atoms with E-state index in [9.17, 15) is 0 Å². The highest BCUT2D eigenvalue weighted by Gasteiger charge is 2.03. The van der Waals surface area contributed by atoms with Crippen molar-refractivity contribution in [1.29, 1.82) is 0 Å². The molecule has 0 saturated heterocycles. The molecule has 0 aliphatic heterocycles. The minimum absolute atomic E-state index is 0. The molecule has 0 fully saturated rings. The average molecular weight is 266 g/mol. The van der Waals surface area contributed by atoms with Crippen molar-refractivity contribution in [3.8, 4) is 10.6 Å². The van der Waals surface area contributed by atoms with Gasteiger partial charge in [0.25, 0.3) is 0 Å². The molecule has 6 heteroatoms. The highest BCUT2D eigenvalue weighted by Crippen LogP contribution is 2.22. The van der Waals surface area contributed by atoms with Crippen LogP contribution in [0.3, 0.4) is 0 Å². The van der Waals surface area contributed by atoms with Gasteiger partial charge in [0.1, 0.15) is 5.69 Å². The van der Waals surface area contributed by atoms with Crippen LogP contribution in [0.2, 0.25) is 0 Å². The molecule has 0 amide bonds. The molecule has 2 aromatic heterocycles. The molecule has 0 atom stereocenters. The molecule has 0 unspecified atom stereocenters. The Bertz CT molecular complexity index is 372. The molecule has 0 radical (unpaired) electrons. The third-order valence-electron chi connectivity index (χ3n) is 1.77. The van der Waals surface area contributed by atoms with Crippen molar-refractivity contribution < 1.29 is 0 Å². The number of aromatic amines is 1. The predicted octanol–water partition coefficient (Wildman–Crippen LogP) is 2.70. The molecule has 0 aliphatic rings. The largest absolute Gasteiger partial charge is 0.314 e. The van der Waals surface area contributed by atoms with Gasteiger partial charge in [-0.25, -0.2) is 0 Å². The maximum atomic E-state index is 4.22. The van der Waals surface area contributed by atoms with Gasteiger partial charge in [-0.1, -0.05) is 6.07 Å². The van der Waals surface area contributed by atoms with E-state index < -0.39 is 0 Å². The van der Waals surface area contributed by atoms with Gasteiger partial charge in [-0.2, -0.15) is 5.10 Å². The average Bonchev–Trinajstić information content (AvgIpc) is 2.70. The zero-order valence-corrected chi connectivity index (χ0v) is 10.6. The van der Waals surface area contributed by atoms with Gasteiger partial charge < -0.3 is 5.32 Å². The van der Waals surface area contributed by atoms with Crippen LogP contribution in [0.25, 0.3) is 10.6 Å². The summed E-state index contributed by atoms with van der Waals surface area (Å²) in [6, 6.07) is 6.18. The number of nitrogens with zero attached hydrogens (tertiary/aromatic N) is 1. The first kappa shape index (κ1) is 14.5. The van der Waals surface area contributed by atoms with Gasteiger partial charge in [-0.15, -0.1) is 36.2 Å². The normalized spacial score (nSPS) is 9.13. The number of halogens is 2. The summed E-state index contributed by atoms with van der Waals surface area (Å²) in [5.41, 5.74) is 2.14. The Morgan fingerprint density at radius 1 is 1.47 bits per heavy atom. The van der Waals surface area contributed by atoms with Crippen LogP contribution < -0.4 is 5.32 Å². The topological polar surface area (TPSA) is 40.7 Å². The molecule has 0 spiro atoms. The zero-order chi connectivity index (χ0) is 9.10. The summed E-state index contributed by atoms with van der Waals surface area (Å²) in [5.74, 6) is 0. The van der Waals surface area contributed by atoms with Crippen molar-refractivity contribution in [2.24, 2.45) is 0 Å². The molecule has 2 aromatic rings. The van der Waals surface area contributed by atoms with Gasteiger partial charge in [0.15, 0.2) is 0 Å². The van der Waals surface area contributed by atoms with Crippen molar-refractivity contribution in [3.63, 3.8) is 0 Å². The summed E-state index contributed by atoms with van der Waals surface area (Å²) >= 11 is 1.70. The number of aromatic nitrogens is 2. The second kappa shape index (κ2) is 6.85. The molecule has 0 bridgehead atoms. The van der Waals surface area contributed by atoms with Crippen LogP contribution in [0.15, 0.2) is 23.6 Å². The highest BCUT2D eigenvalue weighted by atomic mass is 35.5. The minimum Gasteiger partial charge on any atom is -0.314 e. The summed E-state index contributed by atoms with van der Waals surface area (Å²) in [7, 11) is 1.92. The second-order valence-electron chi connectivity index (χ2n) is 2.79. The smallest absolute Gasteiger partial charge is 0.102 e. The van der Waals surface area contributed by atoms with Gasteiger partial charge >= 0.3 is 0 Å². The van der Waals surface area contributed by atoms with Gasteiger partial charge in [0.05, 0.1) is 4.88 Å². The first-order chi connectivity index (χ1) is 6.40. The summed E-state index contributed by atoms with van der Waals surface area (Å²) < 4.78 is 0. The van der Waals surface area contributed by atoms with Crippen LogP contribution in [-0.4, -0.2) is 17.2 Å². The monoisotopic (exact) mass is 265 g/mol. The molecule has 2 heterocycles. The number of hydrogen-bond donors (Lipinski definition) is 2. The Morgan fingerprint density at radius 3 is 2.87 bits per heavy atom. The van der Waals surface area contributed by atoms with Gasteiger partial charge in [0.2, 0.25) is 0 Å². The van der Waals surface area contributed by atoms with Crippen LogP contribution in [0, 0.1) is 0 Å². The standard InChI is InChI=1S/C9H11N3S.2ClH/c1-10-6-7-5-8(12-11-7)9-3-2-4-13-9;;/h2-5,10H,6H2,1H3,(H,11,12);2*1H. The van der Waals surface area contributed by atoms with Gasteiger partial charge in [-0.05, 0) is 24.6 Å². The zero-order valence-electron chi connectivity index (χ0n) is 8.19. The number of nitrogens with one attached hydrogen (secondary N) is 2. The summed E-state index contributed by atoms with van der Waals surface area (Å²) in [6.07, 6.45) is 0. The fourth-order valence-corrected chi connectivity index (χ4v) is 1.88. The van der Waals surface area contributed by atoms with Crippen molar-refractivity contribution in [2.75, 3.05) is 7.05 Å². The Hall–Kier alpha value is -0.550. The lowest BCUT2D eigenvalue weighted by molar-refractivity contribution is 0.784. The third kappa shape index (κ3) is 3.50. The highest BCUT2D eigenvalue weighted by molar-refractivity contribution is 7.13. The van der Waals surface area contributed by atoms with Crippen LogP contribution in [0.1, 0.15) is 5.69 Å². The van der Waals surface area contributed by atoms with E-state index >= 15 is 0 Å². The van der Waals surface area contributed by atoms with E-state index in [1.54, 1.807) is 11.3 Å². The quantitative estimate of drug-likeness (QED) is 0.896. The minimum atomic E-state index is 0. The molecule has 3 nitrogen and oxygen atoms in total. The Morgan fingerprint density at radius 2 is 2.27 bits per heavy atom. The van der Waals surface area contributed by atoms with E-state index in [2.05, 4.69) is 33.0 Å². The maximum absolute atomic E-state index is 4.22. The van der Waals surface area contributed by atoms with Crippen molar-refractivity contribution >= 4 is 36.2 Å². The van der Waals surface area contributed by atoms with E-state index in [0.717, 1.165) is 17.9 Å². The lowest BCUT2D eigenvalue weighted by atomic mass is 10.3. The van der Waals surface area contributed by atoms with Crippen molar-refractivity contribution in [1.82, 2.24) is 15.5 Å². The van der Waals surface area contributed by atoms with Gasteiger partial charge in [-0.3, -0.25) is 5.10 Å². The van der Waals surface area contributed by atoms with Gasteiger partial charge in [0, 0.05) is 12.2 Å². The molecule has 0 aliphatic carbocycles. The predicted molar refractivity (Wildman–Crippen MR) is 69.2 cm³/mol. The Balaban J connectivity index is 0.000000980. The number of rotatable bonds is 3. The lowest BCUT2D eigenvalue weighted by Gasteiger charge is -1.90. The number of thiophene rings is 1. The van der Waals surface area contributed by atoms with E-state index in [1.165, 1.54) is 4.88 Å². The molecule has 15 heavy (non-hydrogen) atoms. The van der Waals surface area contributed by atoms with E-state index in [4.69, 9.17) is 0 Å².